The fourth-order valence-electron chi connectivity index (χ4n) is 2.56. The molecule has 1 saturated carbocycles. The number of hydrogen-bond donors (Lipinski definition) is 1. The van der Waals surface area contributed by atoms with Gasteiger partial charge in [0, 0.05) is 25.1 Å². The number of nitrogens with zero attached hydrogens (tertiary/aromatic N) is 2. The Morgan fingerprint density at radius 1 is 1.31 bits per heavy atom. The van der Waals surface area contributed by atoms with Gasteiger partial charge in [-0.25, -0.2) is 0 Å². The SMILES string of the molecule is CC(c1cccc([N+](=O)[O-])c1)N(C)C(=O)c1ccc(NC(=O)C2CC2)s1. The molecule has 0 spiro atoms. The van der Waals surface area contributed by atoms with Crippen LogP contribution in [0.2, 0.25) is 0 Å². The minimum absolute atomic E-state index is 0.00334. The Morgan fingerprint density at radius 3 is 2.69 bits per heavy atom. The molecule has 1 unspecified atom stereocenters. The maximum absolute atomic E-state index is 12.7. The van der Waals surface area contributed by atoms with E-state index in [-0.39, 0.29) is 29.5 Å². The standard InChI is InChI=1S/C18H19N3O4S/c1-11(13-4-3-5-14(10-13)21(24)25)20(2)18(23)15-8-9-16(26-15)19-17(22)12-6-7-12/h3-5,8-12H,6-7H2,1-2H3,(H,19,22). The van der Waals surface area contributed by atoms with Gasteiger partial charge >= 0.3 is 0 Å². The largest absolute Gasteiger partial charge is 0.334 e. The Labute approximate surface area is 154 Å². The summed E-state index contributed by atoms with van der Waals surface area (Å²) in [6.45, 7) is 1.82. The van der Waals surface area contributed by atoms with Gasteiger partial charge in [-0.3, -0.25) is 19.7 Å². The van der Waals surface area contributed by atoms with Crippen molar-refractivity contribution in [1.82, 2.24) is 4.90 Å². The lowest BCUT2D eigenvalue weighted by Crippen LogP contribution is -2.29. The monoisotopic (exact) mass is 373 g/mol. The van der Waals surface area contributed by atoms with Crippen LogP contribution >= 0.6 is 11.3 Å². The quantitative estimate of drug-likeness (QED) is 0.615. The van der Waals surface area contributed by atoms with Gasteiger partial charge in [-0.1, -0.05) is 12.1 Å². The summed E-state index contributed by atoms with van der Waals surface area (Å²) in [7, 11) is 1.66. The van der Waals surface area contributed by atoms with Crippen LogP contribution in [0.25, 0.3) is 0 Å². The second-order valence-electron chi connectivity index (χ2n) is 6.37. The van der Waals surface area contributed by atoms with E-state index in [1.807, 2.05) is 6.92 Å². The van der Waals surface area contributed by atoms with E-state index in [2.05, 4.69) is 5.32 Å². The molecule has 0 aliphatic heterocycles. The Kier molecular flexibility index (Phi) is 5.03. The van der Waals surface area contributed by atoms with E-state index in [4.69, 9.17) is 0 Å². The minimum atomic E-state index is -0.452. The minimum Gasteiger partial charge on any atom is -0.334 e. The third-order valence-electron chi connectivity index (χ3n) is 4.48. The zero-order valence-electron chi connectivity index (χ0n) is 14.5. The summed E-state index contributed by atoms with van der Waals surface area (Å²) in [5.74, 6) is -0.0853. The van der Waals surface area contributed by atoms with Gasteiger partial charge in [0.15, 0.2) is 0 Å². The molecule has 3 rings (SSSR count). The van der Waals surface area contributed by atoms with Crippen LogP contribution in [0.1, 0.15) is 41.0 Å². The first kappa shape index (κ1) is 18.1. The molecule has 2 amide bonds. The number of nitro benzene ring substituents is 1. The van der Waals surface area contributed by atoms with E-state index in [1.165, 1.54) is 28.4 Å². The van der Waals surface area contributed by atoms with E-state index in [9.17, 15) is 19.7 Å². The van der Waals surface area contributed by atoms with Crippen molar-refractivity contribution < 1.29 is 14.5 Å². The number of nitro groups is 1. The van der Waals surface area contributed by atoms with Crippen LogP contribution in [0.3, 0.4) is 0 Å². The van der Waals surface area contributed by atoms with Gasteiger partial charge in [-0.15, -0.1) is 11.3 Å². The molecule has 1 heterocycles. The highest BCUT2D eigenvalue weighted by Crippen LogP contribution is 2.32. The smallest absolute Gasteiger partial charge is 0.269 e. The van der Waals surface area contributed by atoms with Crippen LogP contribution < -0.4 is 5.32 Å². The van der Waals surface area contributed by atoms with Crippen molar-refractivity contribution in [3.63, 3.8) is 0 Å². The Morgan fingerprint density at radius 2 is 2.04 bits per heavy atom. The normalized spacial score (nSPS) is 14.5. The van der Waals surface area contributed by atoms with Crippen LogP contribution in [0, 0.1) is 16.0 Å². The molecule has 0 saturated heterocycles. The van der Waals surface area contributed by atoms with Crippen molar-refractivity contribution in [2.24, 2.45) is 5.92 Å². The fourth-order valence-corrected chi connectivity index (χ4v) is 3.45. The Bertz CT molecular complexity index is 860. The lowest BCUT2D eigenvalue weighted by Gasteiger charge is -2.24. The van der Waals surface area contributed by atoms with Crippen molar-refractivity contribution in [3.05, 3.63) is 57.0 Å². The summed E-state index contributed by atoms with van der Waals surface area (Å²) in [4.78, 5) is 37.1. The van der Waals surface area contributed by atoms with Gasteiger partial charge in [0.05, 0.1) is 20.8 Å². The molecule has 1 aliphatic carbocycles. The van der Waals surface area contributed by atoms with Gasteiger partial charge in [-0.05, 0) is 37.5 Å². The molecular formula is C18H19N3O4S. The van der Waals surface area contributed by atoms with E-state index in [1.54, 1.807) is 31.3 Å². The van der Waals surface area contributed by atoms with Gasteiger partial charge in [0.2, 0.25) is 5.91 Å². The number of carbonyl (C=O) groups excluding carboxylic acids is 2. The maximum atomic E-state index is 12.7. The van der Waals surface area contributed by atoms with Crippen LogP contribution in [0.15, 0.2) is 36.4 Å². The molecule has 1 aromatic heterocycles. The number of rotatable bonds is 6. The fraction of sp³-hybridized carbons (Fsp3) is 0.333. The van der Waals surface area contributed by atoms with Gasteiger partial charge in [0.25, 0.3) is 11.6 Å². The van der Waals surface area contributed by atoms with Crippen LogP contribution in [0.5, 0.6) is 0 Å². The number of amides is 2. The third-order valence-corrected chi connectivity index (χ3v) is 5.46. The molecular weight excluding hydrogens is 354 g/mol. The van der Waals surface area contributed by atoms with Crippen molar-refractivity contribution in [1.29, 1.82) is 0 Å². The highest BCUT2D eigenvalue weighted by molar-refractivity contribution is 7.18. The molecule has 2 aromatic rings. The molecule has 7 nitrogen and oxygen atoms in total. The second kappa shape index (κ2) is 7.25. The van der Waals surface area contributed by atoms with Crippen LogP contribution in [-0.2, 0) is 4.79 Å². The van der Waals surface area contributed by atoms with Crippen molar-refractivity contribution in [2.45, 2.75) is 25.8 Å². The number of hydrogen-bond acceptors (Lipinski definition) is 5. The third kappa shape index (κ3) is 3.91. The molecule has 1 fully saturated rings. The lowest BCUT2D eigenvalue weighted by atomic mass is 10.1. The zero-order valence-corrected chi connectivity index (χ0v) is 15.3. The first-order valence-corrected chi connectivity index (χ1v) is 9.10. The molecule has 136 valence electrons. The molecule has 0 bridgehead atoms. The van der Waals surface area contributed by atoms with Crippen molar-refractivity contribution in [3.8, 4) is 0 Å². The van der Waals surface area contributed by atoms with Gasteiger partial charge < -0.3 is 10.2 Å². The number of nitrogens with one attached hydrogen (secondary N) is 1. The van der Waals surface area contributed by atoms with Crippen molar-refractivity contribution in [2.75, 3.05) is 12.4 Å². The predicted molar refractivity (Wildman–Crippen MR) is 99.3 cm³/mol. The van der Waals surface area contributed by atoms with E-state index >= 15 is 0 Å². The highest BCUT2D eigenvalue weighted by Gasteiger charge is 2.30. The Balaban J connectivity index is 1.70. The molecule has 0 radical (unpaired) electrons. The summed E-state index contributed by atoms with van der Waals surface area (Å²) in [5, 5.41) is 14.4. The first-order chi connectivity index (χ1) is 12.4. The van der Waals surface area contributed by atoms with E-state index < -0.39 is 4.92 Å². The first-order valence-electron chi connectivity index (χ1n) is 8.29. The summed E-state index contributed by atoms with van der Waals surface area (Å²) in [5.41, 5.74) is 0.685. The maximum Gasteiger partial charge on any atom is 0.269 e. The number of non-ortho nitro benzene ring substituents is 1. The van der Waals surface area contributed by atoms with Crippen LogP contribution in [0.4, 0.5) is 10.7 Å². The summed E-state index contributed by atoms with van der Waals surface area (Å²) >= 11 is 1.23. The van der Waals surface area contributed by atoms with Gasteiger partial charge in [-0.2, -0.15) is 0 Å². The van der Waals surface area contributed by atoms with Crippen LogP contribution in [-0.4, -0.2) is 28.7 Å². The number of anilines is 1. The zero-order chi connectivity index (χ0) is 18.8. The van der Waals surface area contributed by atoms with E-state index in [0.29, 0.717) is 15.4 Å². The molecule has 1 aliphatic rings. The molecule has 8 heteroatoms. The summed E-state index contributed by atoms with van der Waals surface area (Å²) < 4.78 is 0. The molecule has 26 heavy (non-hydrogen) atoms. The summed E-state index contributed by atoms with van der Waals surface area (Å²) in [6.07, 6.45) is 1.85. The van der Waals surface area contributed by atoms with Crippen molar-refractivity contribution >= 4 is 33.8 Å². The lowest BCUT2D eigenvalue weighted by molar-refractivity contribution is -0.384. The van der Waals surface area contributed by atoms with Gasteiger partial charge in [0.1, 0.15) is 0 Å². The number of carbonyl (C=O) groups is 2. The topological polar surface area (TPSA) is 92.6 Å². The second-order valence-corrected chi connectivity index (χ2v) is 7.46. The number of benzene rings is 1. The molecule has 1 atom stereocenters. The highest BCUT2D eigenvalue weighted by atomic mass is 32.1. The number of thiophene rings is 1. The average Bonchev–Trinajstić information content (AvgIpc) is 3.40. The molecule has 1 aromatic carbocycles. The van der Waals surface area contributed by atoms with E-state index in [0.717, 1.165) is 12.8 Å². The Hall–Kier alpha value is -2.74. The molecule has 1 N–H and O–H groups in total. The predicted octanol–water partition coefficient (Wildman–Crippen LogP) is 3.84. The summed E-state index contributed by atoms with van der Waals surface area (Å²) in [6, 6.07) is 9.36. The average molecular weight is 373 g/mol.